The molecule has 1 saturated heterocycles. The van der Waals surface area contributed by atoms with E-state index in [9.17, 15) is 4.79 Å². The van der Waals surface area contributed by atoms with Crippen LogP contribution in [0.5, 0.6) is 0 Å². The zero-order valence-electron chi connectivity index (χ0n) is 16.3. The lowest BCUT2D eigenvalue weighted by atomic mass is 9.99. The third-order valence-electron chi connectivity index (χ3n) is 5.00. The summed E-state index contributed by atoms with van der Waals surface area (Å²) in [5, 5.41) is 0. The normalized spacial score (nSPS) is 16.8. The highest BCUT2D eigenvalue weighted by Gasteiger charge is 2.25. The van der Waals surface area contributed by atoms with E-state index in [1.54, 1.807) is 0 Å². The van der Waals surface area contributed by atoms with E-state index in [1.165, 1.54) is 16.7 Å². The molecule has 1 aliphatic rings. The Morgan fingerprint density at radius 3 is 2.30 bits per heavy atom. The molecule has 1 heterocycles. The van der Waals surface area contributed by atoms with Gasteiger partial charge in [0.15, 0.2) is 0 Å². The molecule has 0 bridgehead atoms. The van der Waals surface area contributed by atoms with Gasteiger partial charge in [-0.15, -0.1) is 0 Å². The summed E-state index contributed by atoms with van der Waals surface area (Å²) in [4.78, 5) is 13.8. The number of carbonyl (C=O) groups is 1. The van der Waals surface area contributed by atoms with Crippen molar-refractivity contribution in [3.8, 4) is 0 Å². The third-order valence-corrected chi connectivity index (χ3v) is 5.00. The van der Waals surface area contributed by atoms with Gasteiger partial charge < -0.3 is 9.47 Å². The van der Waals surface area contributed by atoms with Crippen LogP contribution in [0.2, 0.25) is 0 Å². The Morgan fingerprint density at radius 2 is 1.67 bits per heavy atom. The summed E-state index contributed by atoms with van der Waals surface area (Å²) in [5.41, 5.74) is 3.61. The molecule has 3 rings (SSSR count). The van der Waals surface area contributed by atoms with E-state index in [2.05, 4.69) is 60.4 Å². The van der Waals surface area contributed by atoms with Crippen LogP contribution in [0.1, 0.15) is 42.6 Å². The lowest BCUT2D eigenvalue weighted by Crippen LogP contribution is -2.40. The number of benzene rings is 2. The first-order valence-corrected chi connectivity index (χ1v) is 9.80. The molecule has 4 nitrogen and oxygen atoms in total. The monoisotopic (exact) mass is 367 g/mol. The van der Waals surface area contributed by atoms with E-state index in [4.69, 9.17) is 9.47 Å². The smallest absolute Gasteiger partial charge is 0.320 e. The first-order chi connectivity index (χ1) is 13.2. The molecule has 1 aliphatic heterocycles. The predicted molar refractivity (Wildman–Crippen MR) is 107 cm³/mol. The maximum atomic E-state index is 11.7. The van der Waals surface area contributed by atoms with Crippen LogP contribution < -0.4 is 0 Å². The van der Waals surface area contributed by atoms with Gasteiger partial charge in [0.05, 0.1) is 19.3 Å². The van der Waals surface area contributed by atoms with Crippen LogP contribution in [-0.4, -0.2) is 43.2 Å². The summed E-state index contributed by atoms with van der Waals surface area (Å²) in [6.45, 7) is 6.47. The highest BCUT2D eigenvalue weighted by Crippen LogP contribution is 2.30. The Labute approximate surface area is 162 Å². The third kappa shape index (κ3) is 5.65. The Kier molecular flexibility index (Phi) is 7.02. The van der Waals surface area contributed by atoms with Crippen LogP contribution in [-0.2, 0) is 14.3 Å². The minimum atomic E-state index is -0.140. The summed E-state index contributed by atoms with van der Waals surface area (Å²) < 4.78 is 11.6. The molecule has 0 N–H and O–H groups in total. The number of carbonyl (C=O) groups excluding carboxylic acids is 1. The Balaban J connectivity index is 1.64. The number of rotatable bonds is 7. The highest BCUT2D eigenvalue weighted by atomic mass is 16.5. The van der Waals surface area contributed by atoms with Crippen molar-refractivity contribution in [3.63, 3.8) is 0 Å². The topological polar surface area (TPSA) is 38.8 Å². The molecule has 0 amide bonds. The van der Waals surface area contributed by atoms with Gasteiger partial charge in [-0.3, -0.25) is 9.69 Å². The van der Waals surface area contributed by atoms with Gasteiger partial charge in [-0.1, -0.05) is 60.2 Å². The molecular weight excluding hydrogens is 338 g/mol. The van der Waals surface area contributed by atoms with Gasteiger partial charge in [-0.2, -0.15) is 0 Å². The molecule has 0 saturated carbocycles. The number of ether oxygens (including phenoxy) is 2. The quantitative estimate of drug-likeness (QED) is 0.690. The number of aryl methyl sites for hydroxylation is 1. The van der Waals surface area contributed by atoms with E-state index in [1.807, 2.05) is 13.0 Å². The van der Waals surface area contributed by atoms with Gasteiger partial charge in [0, 0.05) is 13.1 Å². The number of piperidine rings is 1. The molecule has 1 atom stereocenters. The molecule has 0 aliphatic carbocycles. The van der Waals surface area contributed by atoms with Gasteiger partial charge >= 0.3 is 5.97 Å². The zero-order valence-corrected chi connectivity index (χ0v) is 16.3. The molecule has 1 fully saturated rings. The predicted octanol–water partition coefficient (Wildman–Crippen LogP) is 4.13. The molecule has 27 heavy (non-hydrogen) atoms. The Hall–Kier alpha value is -2.17. The van der Waals surface area contributed by atoms with Crippen LogP contribution in [0, 0.1) is 6.92 Å². The second-order valence-electron chi connectivity index (χ2n) is 7.12. The van der Waals surface area contributed by atoms with Crippen LogP contribution in [0.25, 0.3) is 0 Å². The van der Waals surface area contributed by atoms with E-state index in [0.29, 0.717) is 13.2 Å². The van der Waals surface area contributed by atoms with Gasteiger partial charge in [0.25, 0.3) is 0 Å². The van der Waals surface area contributed by atoms with E-state index in [-0.39, 0.29) is 18.2 Å². The number of likely N-dealkylation sites (tertiary alicyclic amines) is 1. The van der Waals surface area contributed by atoms with Gasteiger partial charge in [-0.05, 0) is 37.8 Å². The van der Waals surface area contributed by atoms with Gasteiger partial charge in [0.2, 0.25) is 0 Å². The summed E-state index contributed by atoms with van der Waals surface area (Å²) in [5.74, 6) is -0.140. The van der Waals surface area contributed by atoms with E-state index in [0.717, 1.165) is 25.9 Å². The molecule has 4 heteroatoms. The largest absolute Gasteiger partial charge is 0.465 e. The van der Waals surface area contributed by atoms with Crippen molar-refractivity contribution in [2.45, 2.75) is 38.9 Å². The molecule has 1 unspecified atom stereocenters. The molecule has 2 aromatic carbocycles. The van der Waals surface area contributed by atoms with Crippen molar-refractivity contribution in [1.82, 2.24) is 4.90 Å². The highest BCUT2D eigenvalue weighted by molar-refractivity contribution is 5.71. The molecule has 2 aromatic rings. The van der Waals surface area contributed by atoms with Crippen molar-refractivity contribution in [1.29, 1.82) is 0 Å². The average molecular weight is 367 g/mol. The summed E-state index contributed by atoms with van der Waals surface area (Å²) in [7, 11) is 0. The van der Waals surface area contributed by atoms with Crippen LogP contribution in [0.15, 0.2) is 54.6 Å². The SMILES string of the molecule is CCOC(=O)CN1CCC(OC(c2ccccc2)c2ccc(C)cc2)CC1. The average Bonchev–Trinajstić information content (AvgIpc) is 2.69. The van der Waals surface area contributed by atoms with Crippen molar-refractivity contribution >= 4 is 5.97 Å². The van der Waals surface area contributed by atoms with E-state index >= 15 is 0 Å². The van der Waals surface area contributed by atoms with Crippen molar-refractivity contribution in [3.05, 3.63) is 71.3 Å². The minimum Gasteiger partial charge on any atom is -0.465 e. The molecular formula is C23H29NO3. The maximum absolute atomic E-state index is 11.7. The van der Waals surface area contributed by atoms with Crippen LogP contribution >= 0.6 is 0 Å². The van der Waals surface area contributed by atoms with Crippen molar-refractivity contribution in [2.75, 3.05) is 26.2 Å². The summed E-state index contributed by atoms with van der Waals surface area (Å²) in [6.07, 6.45) is 1.98. The second-order valence-corrected chi connectivity index (χ2v) is 7.12. The van der Waals surface area contributed by atoms with Gasteiger partial charge in [-0.25, -0.2) is 0 Å². The fourth-order valence-corrected chi connectivity index (χ4v) is 3.50. The fourth-order valence-electron chi connectivity index (χ4n) is 3.50. The first kappa shape index (κ1) is 19.6. The lowest BCUT2D eigenvalue weighted by Gasteiger charge is -2.33. The zero-order chi connectivity index (χ0) is 19.1. The number of nitrogens with zero attached hydrogens (tertiary/aromatic N) is 1. The van der Waals surface area contributed by atoms with Gasteiger partial charge in [0.1, 0.15) is 6.10 Å². The van der Waals surface area contributed by atoms with Crippen molar-refractivity contribution < 1.29 is 14.3 Å². The van der Waals surface area contributed by atoms with Crippen molar-refractivity contribution in [2.24, 2.45) is 0 Å². The first-order valence-electron chi connectivity index (χ1n) is 9.80. The standard InChI is InChI=1S/C23H29NO3/c1-3-26-22(25)17-24-15-13-21(14-16-24)27-23(19-7-5-4-6-8-19)20-11-9-18(2)10-12-20/h4-12,21,23H,3,13-17H2,1-2H3. The van der Waals surface area contributed by atoms with Crippen LogP contribution in [0.3, 0.4) is 0 Å². The Bertz CT molecular complexity index is 706. The lowest BCUT2D eigenvalue weighted by molar-refractivity contribution is -0.145. The second kappa shape index (κ2) is 9.67. The summed E-state index contributed by atoms with van der Waals surface area (Å²) >= 11 is 0. The number of hydrogen-bond acceptors (Lipinski definition) is 4. The fraction of sp³-hybridized carbons (Fsp3) is 0.435. The molecule has 144 valence electrons. The minimum absolute atomic E-state index is 0.0617. The Morgan fingerprint density at radius 1 is 1.04 bits per heavy atom. The maximum Gasteiger partial charge on any atom is 0.320 e. The van der Waals surface area contributed by atoms with E-state index < -0.39 is 0 Å². The van der Waals surface area contributed by atoms with Crippen LogP contribution in [0.4, 0.5) is 0 Å². The molecule has 0 radical (unpaired) electrons. The molecule has 0 spiro atoms. The number of hydrogen-bond donors (Lipinski definition) is 0. The number of esters is 1. The summed E-state index contributed by atoms with van der Waals surface area (Å²) in [6, 6.07) is 19.0. The molecule has 0 aromatic heterocycles.